The molecule has 2 N–H and O–H groups in total. The van der Waals surface area contributed by atoms with Gasteiger partial charge >= 0.3 is 0 Å². The van der Waals surface area contributed by atoms with Gasteiger partial charge in [-0.2, -0.15) is 0 Å². The molecular formula is C9H15N. The van der Waals surface area contributed by atoms with Gasteiger partial charge in [0.1, 0.15) is 0 Å². The number of rotatable bonds is 2. The maximum atomic E-state index is 5.68. The molecule has 0 heterocycles. The minimum atomic E-state index is 0.757. The summed E-state index contributed by atoms with van der Waals surface area (Å²) in [6, 6.07) is 0. The van der Waals surface area contributed by atoms with Crippen molar-refractivity contribution in [1.82, 2.24) is 0 Å². The molecule has 0 saturated carbocycles. The highest BCUT2D eigenvalue weighted by molar-refractivity contribution is 5.37. The lowest BCUT2D eigenvalue weighted by Crippen LogP contribution is -2.01. The fourth-order valence-corrected chi connectivity index (χ4v) is 0.550. The number of hydrogen-bond donors (Lipinski definition) is 1. The molecule has 0 aromatic heterocycles. The average Bonchev–Trinajstić information content (AvgIpc) is 1.84. The molecular weight excluding hydrogens is 122 g/mol. The molecule has 10 heavy (non-hydrogen) atoms. The van der Waals surface area contributed by atoms with E-state index >= 15 is 0 Å². The molecule has 0 aliphatic heterocycles. The summed E-state index contributed by atoms with van der Waals surface area (Å²) in [5.41, 5.74) is 9.38. The number of allylic oxidation sites excluding steroid dienone is 3. The molecule has 0 aromatic carbocycles. The van der Waals surface area contributed by atoms with E-state index in [-0.39, 0.29) is 0 Å². The molecule has 1 nitrogen and oxygen atoms in total. The summed E-state index contributed by atoms with van der Waals surface area (Å²) in [4.78, 5) is 0. The molecule has 0 aliphatic carbocycles. The van der Waals surface area contributed by atoms with Crippen molar-refractivity contribution < 1.29 is 0 Å². The largest absolute Gasteiger partial charge is 0.398 e. The Balaban J connectivity index is 4.67. The van der Waals surface area contributed by atoms with Crippen LogP contribution in [0.2, 0.25) is 0 Å². The summed E-state index contributed by atoms with van der Waals surface area (Å²) in [5.74, 6) is 0. The van der Waals surface area contributed by atoms with Crippen LogP contribution in [0.1, 0.15) is 20.8 Å². The average molecular weight is 137 g/mol. The molecule has 0 fully saturated rings. The van der Waals surface area contributed by atoms with E-state index in [0.29, 0.717) is 0 Å². The summed E-state index contributed by atoms with van der Waals surface area (Å²) in [6.07, 6.45) is 0. The van der Waals surface area contributed by atoms with Crippen LogP contribution in [-0.4, -0.2) is 0 Å². The van der Waals surface area contributed by atoms with Gasteiger partial charge in [-0.15, -0.1) is 0 Å². The SMILES string of the molecule is C=C(C)/C(C)=C(/N)C(=C)C. The molecule has 0 unspecified atom stereocenters. The van der Waals surface area contributed by atoms with Crippen molar-refractivity contribution in [3.8, 4) is 0 Å². The van der Waals surface area contributed by atoms with Gasteiger partial charge in [0.25, 0.3) is 0 Å². The second kappa shape index (κ2) is 3.25. The van der Waals surface area contributed by atoms with E-state index in [1.54, 1.807) is 0 Å². The zero-order valence-corrected chi connectivity index (χ0v) is 6.99. The molecule has 0 bridgehead atoms. The van der Waals surface area contributed by atoms with Gasteiger partial charge in [0, 0.05) is 5.70 Å². The minimum absolute atomic E-state index is 0.757. The van der Waals surface area contributed by atoms with Gasteiger partial charge in [-0.1, -0.05) is 18.7 Å². The molecule has 0 spiro atoms. The van der Waals surface area contributed by atoms with E-state index in [1.807, 2.05) is 20.8 Å². The Bertz CT molecular complexity index is 175. The summed E-state index contributed by atoms with van der Waals surface area (Å²) in [5, 5.41) is 0. The van der Waals surface area contributed by atoms with Crippen molar-refractivity contribution >= 4 is 0 Å². The quantitative estimate of drug-likeness (QED) is 0.581. The fourth-order valence-electron chi connectivity index (χ4n) is 0.550. The zero-order chi connectivity index (χ0) is 8.31. The molecule has 0 saturated heterocycles. The monoisotopic (exact) mass is 137 g/mol. The molecule has 0 aliphatic rings. The first-order valence-electron chi connectivity index (χ1n) is 3.25. The Hall–Kier alpha value is -0.980. The van der Waals surface area contributed by atoms with Crippen LogP contribution in [0.25, 0.3) is 0 Å². The minimum Gasteiger partial charge on any atom is -0.398 e. The maximum Gasteiger partial charge on any atom is 0.0369 e. The van der Waals surface area contributed by atoms with Gasteiger partial charge in [-0.25, -0.2) is 0 Å². The van der Waals surface area contributed by atoms with Gasteiger partial charge < -0.3 is 5.73 Å². The van der Waals surface area contributed by atoms with Crippen LogP contribution < -0.4 is 5.73 Å². The second-order valence-electron chi connectivity index (χ2n) is 2.60. The van der Waals surface area contributed by atoms with Crippen molar-refractivity contribution in [2.24, 2.45) is 5.73 Å². The molecule has 0 amide bonds. The predicted octanol–water partition coefficient (Wildman–Crippen LogP) is 2.37. The standard InChI is InChI=1S/C9H15N/c1-6(2)8(5)9(10)7(3)4/h1,3,10H2,2,4-5H3/b9-8+. The highest BCUT2D eigenvalue weighted by Crippen LogP contribution is 2.12. The van der Waals surface area contributed by atoms with Crippen LogP contribution in [0.15, 0.2) is 35.6 Å². The van der Waals surface area contributed by atoms with E-state index in [0.717, 1.165) is 22.4 Å². The predicted molar refractivity (Wildman–Crippen MR) is 46.5 cm³/mol. The zero-order valence-electron chi connectivity index (χ0n) is 6.99. The Kier molecular flexibility index (Phi) is 2.94. The first kappa shape index (κ1) is 9.02. The van der Waals surface area contributed by atoms with Crippen LogP contribution in [0.5, 0.6) is 0 Å². The van der Waals surface area contributed by atoms with E-state index in [4.69, 9.17) is 5.73 Å². The highest BCUT2D eigenvalue weighted by atomic mass is 14.6. The maximum absolute atomic E-state index is 5.68. The molecule has 56 valence electrons. The first-order valence-corrected chi connectivity index (χ1v) is 3.25. The van der Waals surface area contributed by atoms with Gasteiger partial charge in [0.05, 0.1) is 0 Å². The second-order valence-corrected chi connectivity index (χ2v) is 2.60. The van der Waals surface area contributed by atoms with E-state index in [1.165, 1.54) is 0 Å². The molecule has 0 radical (unpaired) electrons. The molecule has 0 rings (SSSR count). The Morgan fingerprint density at radius 1 is 1.00 bits per heavy atom. The van der Waals surface area contributed by atoms with Crippen LogP contribution in [0.3, 0.4) is 0 Å². The lowest BCUT2D eigenvalue weighted by atomic mass is 10.1. The normalized spacial score (nSPS) is 12.3. The number of nitrogens with two attached hydrogens (primary N) is 1. The van der Waals surface area contributed by atoms with Gasteiger partial charge in [-0.3, -0.25) is 0 Å². The van der Waals surface area contributed by atoms with Crippen molar-refractivity contribution in [1.29, 1.82) is 0 Å². The van der Waals surface area contributed by atoms with Crippen molar-refractivity contribution in [3.05, 3.63) is 35.6 Å². The van der Waals surface area contributed by atoms with E-state index < -0.39 is 0 Å². The fraction of sp³-hybridized carbons (Fsp3) is 0.333. The van der Waals surface area contributed by atoms with Crippen LogP contribution in [-0.2, 0) is 0 Å². The third kappa shape index (κ3) is 2.09. The van der Waals surface area contributed by atoms with Gasteiger partial charge in [0.2, 0.25) is 0 Å². The van der Waals surface area contributed by atoms with Crippen LogP contribution in [0.4, 0.5) is 0 Å². The van der Waals surface area contributed by atoms with E-state index in [9.17, 15) is 0 Å². The van der Waals surface area contributed by atoms with E-state index in [2.05, 4.69) is 13.2 Å². The number of hydrogen-bond acceptors (Lipinski definition) is 1. The lowest BCUT2D eigenvalue weighted by molar-refractivity contribution is 1.20. The van der Waals surface area contributed by atoms with Gasteiger partial charge in [0.15, 0.2) is 0 Å². The topological polar surface area (TPSA) is 26.0 Å². The smallest absolute Gasteiger partial charge is 0.0369 e. The third-order valence-corrected chi connectivity index (χ3v) is 1.50. The van der Waals surface area contributed by atoms with Crippen molar-refractivity contribution in [2.45, 2.75) is 20.8 Å². The Morgan fingerprint density at radius 2 is 1.40 bits per heavy atom. The summed E-state index contributed by atoms with van der Waals surface area (Å²) >= 11 is 0. The van der Waals surface area contributed by atoms with Crippen molar-refractivity contribution in [3.63, 3.8) is 0 Å². The van der Waals surface area contributed by atoms with Crippen molar-refractivity contribution in [2.75, 3.05) is 0 Å². The third-order valence-electron chi connectivity index (χ3n) is 1.50. The molecule has 0 atom stereocenters. The lowest BCUT2D eigenvalue weighted by Gasteiger charge is -2.05. The highest BCUT2D eigenvalue weighted by Gasteiger charge is 1.97. The molecule has 1 heteroatoms. The summed E-state index contributed by atoms with van der Waals surface area (Å²) in [7, 11) is 0. The summed E-state index contributed by atoms with van der Waals surface area (Å²) < 4.78 is 0. The Labute approximate surface area is 62.9 Å². The molecule has 0 aromatic rings. The van der Waals surface area contributed by atoms with Gasteiger partial charge in [-0.05, 0) is 31.9 Å². The van der Waals surface area contributed by atoms with Crippen LogP contribution in [0, 0.1) is 0 Å². The summed E-state index contributed by atoms with van der Waals surface area (Å²) in [6.45, 7) is 13.3. The first-order chi connectivity index (χ1) is 4.46. The Morgan fingerprint density at radius 3 is 1.50 bits per heavy atom. The van der Waals surface area contributed by atoms with Crippen LogP contribution >= 0.6 is 0 Å².